The molecule has 0 saturated heterocycles. The summed E-state index contributed by atoms with van der Waals surface area (Å²) in [5, 5.41) is 10.2. The van der Waals surface area contributed by atoms with Gasteiger partial charge in [0.15, 0.2) is 0 Å². The minimum absolute atomic E-state index is 0.00589. The van der Waals surface area contributed by atoms with Gasteiger partial charge in [-0.15, -0.1) is 0 Å². The van der Waals surface area contributed by atoms with Crippen LogP contribution >= 0.6 is 0 Å². The van der Waals surface area contributed by atoms with Gasteiger partial charge in [0.2, 0.25) is 5.91 Å². The first-order valence-electron chi connectivity index (χ1n) is 8.43. The summed E-state index contributed by atoms with van der Waals surface area (Å²) in [5.41, 5.74) is 2.27. The largest absolute Gasteiger partial charge is 0.352 e. The van der Waals surface area contributed by atoms with Gasteiger partial charge in [-0.05, 0) is 43.9 Å². The Morgan fingerprint density at radius 2 is 1.88 bits per heavy atom. The smallest absolute Gasteiger partial charge is 0.270 e. The topological polar surface area (TPSA) is 76.0 Å². The van der Waals surface area contributed by atoms with Crippen molar-refractivity contribution in [2.45, 2.75) is 37.6 Å². The Kier molecular flexibility index (Phi) is 3.80. The predicted octanol–water partition coefficient (Wildman–Crippen LogP) is 1.76. The highest BCUT2D eigenvalue weighted by Crippen LogP contribution is 2.39. The van der Waals surface area contributed by atoms with Crippen LogP contribution in [0.5, 0.6) is 0 Å². The lowest BCUT2D eigenvalue weighted by Gasteiger charge is -2.08. The molecule has 2 aliphatic rings. The van der Waals surface area contributed by atoms with Crippen LogP contribution in [0.15, 0.2) is 36.4 Å². The second-order valence-corrected chi connectivity index (χ2v) is 6.50. The standard InChI is InChI=1S/C18H20N4O2/c23-17(20-13-8-9-13)11-19-18(24)16-10-15(12-6-7-12)21-22(16)14-4-2-1-3-5-14/h1-5,10,12-13H,6-9,11H2,(H,19,24)(H,20,23). The summed E-state index contributed by atoms with van der Waals surface area (Å²) in [6.45, 7) is -0.00589. The van der Waals surface area contributed by atoms with E-state index in [1.54, 1.807) is 4.68 Å². The number of amides is 2. The molecule has 0 unspecified atom stereocenters. The first kappa shape index (κ1) is 14.9. The Bertz CT molecular complexity index is 761. The number of carbonyl (C=O) groups is 2. The highest BCUT2D eigenvalue weighted by molar-refractivity contribution is 5.95. The molecule has 1 aromatic heterocycles. The van der Waals surface area contributed by atoms with Crippen molar-refractivity contribution in [2.24, 2.45) is 0 Å². The second kappa shape index (κ2) is 6.11. The third-order valence-electron chi connectivity index (χ3n) is 4.31. The van der Waals surface area contributed by atoms with Crippen molar-refractivity contribution >= 4 is 11.8 Å². The number of benzene rings is 1. The van der Waals surface area contributed by atoms with E-state index in [9.17, 15) is 9.59 Å². The molecule has 0 bridgehead atoms. The van der Waals surface area contributed by atoms with Crippen LogP contribution in [0.1, 0.15) is 47.8 Å². The van der Waals surface area contributed by atoms with Crippen LogP contribution in [-0.4, -0.2) is 34.2 Å². The summed E-state index contributed by atoms with van der Waals surface area (Å²) in [7, 11) is 0. The summed E-state index contributed by atoms with van der Waals surface area (Å²) < 4.78 is 1.67. The number of para-hydroxylation sites is 1. The molecule has 6 heteroatoms. The summed E-state index contributed by atoms with van der Waals surface area (Å²) in [4.78, 5) is 24.3. The Hall–Kier alpha value is -2.63. The maximum atomic E-state index is 12.5. The fourth-order valence-corrected chi connectivity index (χ4v) is 2.66. The van der Waals surface area contributed by atoms with Gasteiger partial charge in [0, 0.05) is 12.0 Å². The summed E-state index contributed by atoms with van der Waals surface area (Å²) in [6.07, 6.45) is 4.31. The van der Waals surface area contributed by atoms with Crippen LogP contribution in [0.2, 0.25) is 0 Å². The van der Waals surface area contributed by atoms with Crippen molar-refractivity contribution in [3.8, 4) is 5.69 Å². The molecule has 124 valence electrons. The van der Waals surface area contributed by atoms with Crippen LogP contribution in [0.4, 0.5) is 0 Å². The Balaban J connectivity index is 1.52. The van der Waals surface area contributed by atoms with Crippen molar-refractivity contribution in [3.63, 3.8) is 0 Å². The Labute approximate surface area is 140 Å². The molecule has 2 fully saturated rings. The number of hydrogen-bond donors (Lipinski definition) is 2. The molecule has 0 radical (unpaired) electrons. The highest BCUT2D eigenvalue weighted by atomic mass is 16.2. The predicted molar refractivity (Wildman–Crippen MR) is 89.0 cm³/mol. The van der Waals surface area contributed by atoms with E-state index < -0.39 is 0 Å². The molecule has 2 amide bonds. The molecular formula is C18H20N4O2. The Morgan fingerprint density at radius 1 is 1.12 bits per heavy atom. The van der Waals surface area contributed by atoms with Gasteiger partial charge < -0.3 is 10.6 Å². The van der Waals surface area contributed by atoms with E-state index in [2.05, 4.69) is 15.7 Å². The van der Waals surface area contributed by atoms with Crippen LogP contribution in [0, 0.1) is 0 Å². The normalized spacial score (nSPS) is 16.7. The lowest BCUT2D eigenvalue weighted by atomic mass is 10.2. The van der Waals surface area contributed by atoms with E-state index in [1.165, 1.54) is 0 Å². The van der Waals surface area contributed by atoms with Crippen LogP contribution in [0.25, 0.3) is 5.69 Å². The third-order valence-corrected chi connectivity index (χ3v) is 4.31. The minimum atomic E-state index is -0.274. The zero-order valence-electron chi connectivity index (χ0n) is 13.4. The monoisotopic (exact) mass is 324 g/mol. The molecule has 6 nitrogen and oxygen atoms in total. The minimum Gasteiger partial charge on any atom is -0.352 e. The molecule has 2 N–H and O–H groups in total. The third kappa shape index (κ3) is 3.32. The number of carbonyl (C=O) groups excluding carboxylic acids is 2. The van der Waals surface area contributed by atoms with Crippen LogP contribution < -0.4 is 10.6 Å². The fourth-order valence-electron chi connectivity index (χ4n) is 2.66. The zero-order valence-corrected chi connectivity index (χ0v) is 13.4. The van der Waals surface area contributed by atoms with Gasteiger partial charge in [-0.1, -0.05) is 18.2 Å². The van der Waals surface area contributed by atoms with Gasteiger partial charge in [-0.25, -0.2) is 4.68 Å². The first-order valence-corrected chi connectivity index (χ1v) is 8.43. The van der Waals surface area contributed by atoms with Gasteiger partial charge in [0.25, 0.3) is 5.91 Å². The molecule has 1 aromatic carbocycles. The highest BCUT2D eigenvalue weighted by Gasteiger charge is 2.29. The fraction of sp³-hybridized carbons (Fsp3) is 0.389. The van der Waals surface area contributed by atoms with Crippen molar-refractivity contribution in [1.29, 1.82) is 0 Å². The van der Waals surface area contributed by atoms with E-state index in [4.69, 9.17) is 0 Å². The molecule has 0 spiro atoms. The van der Waals surface area contributed by atoms with Gasteiger partial charge in [-0.3, -0.25) is 9.59 Å². The Morgan fingerprint density at radius 3 is 2.54 bits per heavy atom. The van der Waals surface area contributed by atoms with Crippen molar-refractivity contribution in [1.82, 2.24) is 20.4 Å². The number of nitrogens with zero attached hydrogens (tertiary/aromatic N) is 2. The molecule has 2 aromatic rings. The molecule has 4 rings (SSSR count). The van der Waals surface area contributed by atoms with Crippen LogP contribution in [0.3, 0.4) is 0 Å². The molecule has 1 heterocycles. The number of hydrogen-bond acceptors (Lipinski definition) is 3. The molecule has 0 atom stereocenters. The zero-order chi connectivity index (χ0) is 16.5. The summed E-state index contributed by atoms with van der Waals surface area (Å²) >= 11 is 0. The lowest BCUT2D eigenvalue weighted by Crippen LogP contribution is -2.38. The van der Waals surface area contributed by atoms with Gasteiger partial charge >= 0.3 is 0 Å². The number of nitrogens with one attached hydrogen (secondary N) is 2. The molecular weight excluding hydrogens is 304 g/mol. The van der Waals surface area contributed by atoms with Crippen molar-refractivity contribution in [3.05, 3.63) is 47.8 Å². The van der Waals surface area contributed by atoms with Crippen molar-refractivity contribution < 1.29 is 9.59 Å². The SMILES string of the molecule is O=C(CNC(=O)c1cc(C2CC2)nn1-c1ccccc1)NC1CC1. The number of rotatable bonds is 6. The van der Waals surface area contributed by atoms with Gasteiger partial charge in [0.1, 0.15) is 5.69 Å². The van der Waals surface area contributed by atoms with E-state index >= 15 is 0 Å². The quantitative estimate of drug-likeness (QED) is 0.850. The van der Waals surface area contributed by atoms with E-state index in [-0.39, 0.29) is 18.4 Å². The average Bonchev–Trinajstić information content (AvgIpc) is 3.53. The van der Waals surface area contributed by atoms with Gasteiger partial charge in [0.05, 0.1) is 17.9 Å². The van der Waals surface area contributed by atoms with E-state index in [0.29, 0.717) is 17.7 Å². The lowest BCUT2D eigenvalue weighted by molar-refractivity contribution is -0.120. The maximum absolute atomic E-state index is 12.5. The van der Waals surface area contributed by atoms with E-state index in [0.717, 1.165) is 37.1 Å². The average molecular weight is 324 g/mol. The van der Waals surface area contributed by atoms with Gasteiger partial charge in [-0.2, -0.15) is 5.10 Å². The molecule has 0 aliphatic heterocycles. The molecule has 2 saturated carbocycles. The van der Waals surface area contributed by atoms with Crippen LogP contribution in [-0.2, 0) is 4.79 Å². The molecule has 2 aliphatic carbocycles. The number of aromatic nitrogens is 2. The first-order chi connectivity index (χ1) is 11.7. The second-order valence-electron chi connectivity index (χ2n) is 6.50. The maximum Gasteiger partial charge on any atom is 0.270 e. The van der Waals surface area contributed by atoms with Crippen molar-refractivity contribution in [2.75, 3.05) is 6.54 Å². The summed E-state index contributed by atoms with van der Waals surface area (Å²) in [5.74, 6) is 0.0444. The molecule has 24 heavy (non-hydrogen) atoms. The van der Waals surface area contributed by atoms with E-state index in [1.807, 2.05) is 36.4 Å². The summed E-state index contributed by atoms with van der Waals surface area (Å²) in [6, 6.07) is 11.7.